The van der Waals surface area contributed by atoms with Crippen molar-refractivity contribution in [1.29, 1.82) is 0 Å². The maximum absolute atomic E-state index is 5.88. The Morgan fingerprint density at radius 3 is 2.48 bits per heavy atom. The fourth-order valence-electron chi connectivity index (χ4n) is 1.52. The van der Waals surface area contributed by atoms with Crippen LogP contribution >= 0.6 is 35.6 Å². The highest BCUT2D eigenvalue weighted by molar-refractivity contribution is 8.00. The molecule has 0 aliphatic rings. The first-order valence-corrected chi connectivity index (χ1v) is 7.98. The lowest BCUT2D eigenvalue weighted by atomic mass is 10.3. The summed E-state index contributed by atoms with van der Waals surface area (Å²) in [6, 6.07) is 17.2. The van der Waals surface area contributed by atoms with Gasteiger partial charge in [-0.2, -0.15) is 0 Å². The van der Waals surface area contributed by atoms with Crippen LogP contribution in [-0.4, -0.2) is 16.7 Å². The van der Waals surface area contributed by atoms with Gasteiger partial charge in [-0.05, 0) is 48.6 Å². The van der Waals surface area contributed by atoms with Crippen LogP contribution in [0.4, 0.5) is 5.69 Å². The molecule has 0 saturated carbocycles. The van der Waals surface area contributed by atoms with Gasteiger partial charge in [0.1, 0.15) is 5.84 Å². The Hall–Kier alpha value is -1.56. The Morgan fingerprint density at radius 1 is 1.14 bits per heavy atom. The Labute approximate surface area is 138 Å². The molecule has 2 aromatic carbocycles. The number of nitrogens with two attached hydrogens (primary N) is 1. The minimum Gasteiger partial charge on any atom is -0.386 e. The first-order valence-electron chi connectivity index (χ1n) is 6.21. The second kappa shape index (κ2) is 8.02. The Morgan fingerprint density at radius 2 is 1.81 bits per heavy atom. The highest BCUT2D eigenvalue weighted by Gasteiger charge is 2.00. The molecule has 6 heteroatoms. The Balaban J connectivity index is 1.85. The lowest BCUT2D eigenvalue weighted by Gasteiger charge is -2.05. The first kappa shape index (κ1) is 15.8. The van der Waals surface area contributed by atoms with Gasteiger partial charge in [-0.3, -0.25) is 0 Å². The summed E-state index contributed by atoms with van der Waals surface area (Å²) >= 11 is 12.6. The van der Waals surface area contributed by atoms with Gasteiger partial charge < -0.3 is 11.1 Å². The number of benzene rings is 2. The van der Waals surface area contributed by atoms with E-state index in [4.69, 9.17) is 29.6 Å². The molecule has 0 aliphatic carbocycles. The van der Waals surface area contributed by atoms with Gasteiger partial charge in [-0.25, -0.2) is 4.99 Å². The molecule has 0 amide bonds. The summed E-state index contributed by atoms with van der Waals surface area (Å²) in [7, 11) is 0. The molecule has 0 saturated heterocycles. The van der Waals surface area contributed by atoms with Crippen molar-refractivity contribution in [3.8, 4) is 0 Å². The monoisotopic (exact) mass is 335 g/mol. The third kappa shape index (κ3) is 5.75. The third-order valence-corrected chi connectivity index (χ3v) is 3.96. The molecule has 21 heavy (non-hydrogen) atoms. The fraction of sp³-hybridized carbons (Fsp3) is 0.0667. The molecule has 0 radical (unpaired) electrons. The van der Waals surface area contributed by atoms with Gasteiger partial charge in [0.25, 0.3) is 0 Å². The molecule has 0 aliphatic heterocycles. The molecule has 0 spiro atoms. The number of rotatable bonds is 4. The fourth-order valence-corrected chi connectivity index (χ4v) is 2.59. The number of para-hydroxylation sites is 1. The summed E-state index contributed by atoms with van der Waals surface area (Å²) in [6.45, 7) is 0. The van der Waals surface area contributed by atoms with Crippen LogP contribution in [0.5, 0.6) is 0 Å². The topological polar surface area (TPSA) is 50.4 Å². The van der Waals surface area contributed by atoms with E-state index in [0.29, 0.717) is 21.7 Å². The second-order valence-electron chi connectivity index (χ2n) is 4.14. The van der Waals surface area contributed by atoms with E-state index in [2.05, 4.69) is 10.3 Å². The van der Waals surface area contributed by atoms with Crippen LogP contribution in [0.2, 0.25) is 5.02 Å². The number of anilines is 1. The molecule has 3 N–H and O–H groups in total. The summed E-state index contributed by atoms with van der Waals surface area (Å²) in [5.41, 5.74) is 6.77. The Kier molecular flexibility index (Phi) is 6.04. The standard InChI is InChI=1S/C15H14ClN3S2/c16-11-6-8-13(9-7-11)21-10-14(17)19-15(20)18-12-4-2-1-3-5-12/h1-9H,10H2,(H3,17,18,19,20). The van der Waals surface area contributed by atoms with Crippen LogP contribution in [0.15, 0.2) is 64.5 Å². The van der Waals surface area contributed by atoms with E-state index < -0.39 is 0 Å². The molecule has 0 fully saturated rings. The van der Waals surface area contributed by atoms with Crippen LogP contribution in [0.25, 0.3) is 0 Å². The molecule has 0 atom stereocenters. The van der Waals surface area contributed by atoms with Crippen LogP contribution in [0.1, 0.15) is 0 Å². The highest BCUT2D eigenvalue weighted by atomic mass is 35.5. The predicted octanol–water partition coefficient (Wildman–Crippen LogP) is 4.19. The van der Waals surface area contributed by atoms with E-state index in [0.717, 1.165) is 10.6 Å². The number of nitrogens with zero attached hydrogens (tertiary/aromatic N) is 1. The van der Waals surface area contributed by atoms with Crippen molar-refractivity contribution in [3.05, 3.63) is 59.6 Å². The van der Waals surface area contributed by atoms with Gasteiger partial charge in [0.05, 0.1) is 5.75 Å². The summed E-state index contributed by atoms with van der Waals surface area (Å²) < 4.78 is 0. The van der Waals surface area contributed by atoms with E-state index in [1.807, 2.05) is 54.6 Å². The quantitative estimate of drug-likeness (QED) is 0.381. The number of thioether (sulfide) groups is 1. The maximum Gasteiger partial charge on any atom is 0.198 e. The predicted molar refractivity (Wildman–Crippen MR) is 96.5 cm³/mol. The van der Waals surface area contributed by atoms with Crippen molar-refractivity contribution < 1.29 is 0 Å². The zero-order valence-electron chi connectivity index (χ0n) is 11.1. The van der Waals surface area contributed by atoms with Gasteiger partial charge in [0.15, 0.2) is 5.11 Å². The number of nitrogens with one attached hydrogen (secondary N) is 1. The summed E-state index contributed by atoms with van der Waals surface area (Å²) in [6.07, 6.45) is 0. The van der Waals surface area contributed by atoms with Gasteiger partial charge in [-0.1, -0.05) is 29.8 Å². The van der Waals surface area contributed by atoms with E-state index in [1.54, 1.807) is 11.8 Å². The SMILES string of the molecule is N/C(CSc1ccc(Cl)cc1)=N\C(=S)Nc1ccccc1. The first-order chi connectivity index (χ1) is 10.1. The lowest BCUT2D eigenvalue weighted by Crippen LogP contribution is -2.19. The number of aliphatic imine (C=N–C) groups is 1. The average Bonchev–Trinajstić information content (AvgIpc) is 2.47. The van der Waals surface area contributed by atoms with Gasteiger partial charge in [0.2, 0.25) is 0 Å². The molecule has 108 valence electrons. The minimum atomic E-state index is 0.357. The largest absolute Gasteiger partial charge is 0.386 e. The average molecular weight is 336 g/mol. The molecule has 0 bridgehead atoms. The van der Waals surface area contributed by atoms with Crippen molar-refractivity contribution in [3.63, 3.8) is 0 Å². The zero-order chi connectivity index (χ0) is 15.1. The summed E-state index contributed by atoms with van der Waals surface area (Å²) in [5.74, 6) is 1.04. The van der Waals surface area contributed by atoms with Crippen molar-refractivity contribution in [2.45, 2.75) is 4.90 Å². The molecule has 0 heterocycles. The van der Waals surface area contributed by atoms with Gasteiger partial charge >= 0.3 is 0 Å². The van der Waals surface area contributed by atoms with Crippen LogP contribution in [0.3, 0.4) is 0 Å². The molecule has 2 aromatic rings. The van der Waals surface area contributed by atoms with Crippen LogP contribution in [0, 0.1) is 0 Å². The lowest BCUT2D eigenvalue weighted by molar-refractivity contribution is 1.45. The smallest absolute Gasteiger partial charge is 0.198 e. The number of hydrogen-bond donors (Lipinski definition) is 2. The van der Waals surface area contributed by atoms with E-state index in [-0.39, 0.29) is 0 Å². The van der Waals surface area contributed by atoms with Crippen LogP contribution in [-0.2, 0) is 0 Å². The zero-order valence-corrected chi connectivity index (χ0v) is 13.5. The number of amidine groups is 1. The number of halogens is 1. The highest BCUT2D eigenvalue weighted by Crippen LogP contribution is 2.19. The molecule has 2 rings (SSSR count). The minimum absolute atomic E-state index is 0.357. The van der Waals surface area contributed by atoms with E-state index in [1.165, 1.54) is 0 Å². The Bertz CT molecular complexity index is 627. The molecule has 0 aromatic heterocycles. The normalized spacial score (nSPS) is 11.2. The van der Waals surface area contributed by atoms with Crippen molar-refractivity contribution in [1.82, 2.24) is 0 Å². The summed E-state index contributed by atoms with van der Waals surface area (Å²) in [5, 5.41) is 4.09. The van der Waals surface area contributed by atoms with Gasteiger partial charge in [-0.15, -0.1) is 11.8 Å². The van der Waals surface area contributed by atoms with Gasteiger partial charge in [0, 0.05) is 15.6 Å². The second-order valence-corrected chi connectivity index (χ2v) is 6.01. The van der Waals surface area contributed by atoms with E-state index in [9.17, 15) is 0 Å². The van der Waals surface area contributed by atoms with Crippen LogP contribution < -0.4 is 11.1 Å². The molecule has 3 nitrogen and oxygen atoms in total. The summed E-state index contributed by atoms with van der Waals surface area (Å²) in [4.78, 5) is 5.26. The van der Waals surface area contributed by atoms with Crippen molar-refractivity contribution in [2.75, 3.05) is 11.1 Å². The van der Waals surface area contributed by atoms with Crippen molar-refractivity contribution in [2.24, 2.45) is 10.7 Å². The van der Waals surface area contributed by atoms with Crippen molar-refractivity contribution >= 4 is 52.2 Å². The molecular weight excluding hydrogens is 322 g/mol. The maximum atomic E-state index is 5.88. The molecule has 0 unspecified atom stereocenters. The number of thiocarbonyl (C=S) groups is 1. The molecular formula is C15H14ClN3S2. The third-order valence-electron chi connectivity index (χ3n) is 2.47. The number of hydrogen-bond acceptors (Lipinski definition) is 2. The van der Waals surface area contributed by atoms with E-state index >= 15 is 0 Å².